The van der Waals surface area contributed by atoms with E-state index in [1.165, 1.54) is 0 Å². The molecule has 0 radical (unpaired) electrons. The summed E-state index contributed by atoms with van der Waals surface area (Å²) in [5.74, 6) is 0. The molecule has 1 fully saturated rings. The maximum absolute atomic E-state index is 12.9. The van der Waals surface area contributed by atoms with Crippen molar-refractivity contribution in [1.82, 2.24) is 9.21 Å². The van der Waals surface area contributed by atoms with E-state index in [9.17, 15) is 13.5 Å². The summed E-state index contributed by atoms with van der Waals surface area (Å²) in [5.41, 5.74) is 0.664. The summed E-state index contributed by atoms with van der Waals surface area (Å²) in [6.45, 7) is 7.67. The second-order valence-corrected chi connectivity index (χ2v) is 8.52. The Morgan fingerprint density at radius 1 is 1.39 bits per heavy atom. The minimum atomic E-state index is -3.52. The predicted octanol–water partition coefficient (Wildman–Crippen LogP) is 2.11. The summed E-state index contributed by atoms with van der Waals surface area (Å²) >= 11 is 5.93. The third-order valence-electron chi connectivity index (χ3n) is 4.29. The van der Waals surface area contributed by atoms with Crippen molar-refractivity contribution < 1.29 is 13.5 Å². The smallest absolute Gasteiger partial charge is 0.243 e. The lowest BCUT2D eigenvalue weighted by Gasteiger charge is -2.41. The van der Waals surface area contributed by atoms with Gasteiger partial charge < -0.3 is 5.11 Å². The maximum atomic E-state index is 12.9. The summed E-state index contributed by atoms with van der Waals surface area (Å²) in [7, 11) is -3.52. The zero-order chi connectivity index (χ0) is 17.2. The topological polar surface area (TPSA) is 60.9 Å². The molecular weight excluding hydrogens is 336 g/mol. The Balaban J connectivity index is 2.21. The van der Waals surface area contributed by atoms with E-state index in [2.05, 4.69) is 4.90 Å². The van der Waals surface area contributed by atoms with E-state index < -0.39 is 16.1 Å². The summed E-state index contributed by atoms with van der Waals surface area (Å²) < 4.78 is 27.4. The molecule has 0 spiro atoms. The van der Waals surface area contributed by atoms with Crippen molar-refractivity contribution in [3.63, 3.8) is 0 Å². The third kappa shape index (κ3) is 4.25. The molecule has 1 saturated heterocycles. The van der Waals surface area contributed by atoms with Crippen molar-refractivity contribution >= 4 is 21.6 Å². The van der Waals surface area contributed by atoms with Crippen LogP contribution in [0.15, 0.2) is 23.1 Å². The van der Waals surface area contributed by atoms with Gasteiger partial charge in [0.15, 0.2) is 0 Å². The molecular formula is C16H25ClN2O3S. The third-order valence-corrected chi connectivity index (χ3v) is 6.55. The summed E-state index contributed by atoms with van der Waals surface area (Å²) in [6.07, 6.45) is 0.434. The molecule has 7 heteroatoms. The van der Waals surface area contributed by atoms with Gasteiger partial charge in [0.2, 0.25) is 10.0 Å². The number of halogens is 1. The van der Waals surface area contributed by atoms with Crippen molar-refractivity contribution in [1.29, 1.82) is 0 Å². The van der Waals surface area contributed by atoms with E-state index in [-0.39, 0.29) is 6.04 Å². The Morgan fingerprint density at radius 3 is 2.65 bits per heavy atom. The summed E-state index contributed by atoms with van der Waals surface area (Å²) in [4.78, 5) is 2.49. The molecule has 1 aromatic carbocycles. The van der Waals surface area contributed by atoms with Crippen LogP contribution >= 0.6 is 11.6 Å². The lowest BCUT2D eigenvalue weighted by atomic mass is 10.1. The average molecular weight is 361 g/mol. The number of sulfonamides is 1. The highest BCUT2D eigenvalue weighted by atomic mass is 35.5. The first-order chi connectivity index (χ1) is 10.8. The van der Waals surface area contributed by atoms with Crippen LogP contribution in [0, 0.1) is 6.92 Å². The van der Waals surface area contributed by atoms with Gasteiger partial charge in [0.05, 0.1) is 11.0 Å². The zero-order valence-corrected chi connectivity index (χ0v) is 15.4. The van der Waals surface area contributed by atoms with Gasteiger partial charge >= 0.3 is 0 Å². The number of nitrogens with zero attached hydrogens (tertiary/aromatic N) is 2. The lowest BCUT2D eigenvalue weighted by Crippen LogP contribution is -2.55. The minimum absolute atomic E-state index is 0.126. The fourth-order valence-electron chi connectivity index (χ4n) is 3.09. The molecule has 2 unspecified atom stereocenters. The van der Waals surface area contributed by atoms with Gasteiger partial charge in [-0.15, -0.1) is 0 Å². The molecule has 130 valence electrons. The number of hydrogen-bond acceptors (Lipinski definition) is 4. The molecule has 0 saturated carbocycles. The van der Waals surface area contributed by atoms with Gasteiger partial charge in [-0.05, 0) is 44.0 Å². The molecule has 1 aromatic rings. The van der Waals surface area contributed by atoms with Crippen LogP contribution in [0.25, 0.3) is 0 Å². The first-order valence-corrected chi connectivity index (χ1v) is 9.76. The van der Waals surface area contributed by atoms with E-state index in [4.69, 9.17) is 11.6 Å². The zero-order valence-electron chi connectivity index (χ0n) is 13.9. The molecule has 1 N–H and O–H groups in total. The molecule has 23 heavy (non-hydrogen) atoms. The number of piperazine rings is 1. The van der Waals surface area contributed by atoms with Gasteiger partial charge in [-0.2, -0.15) is 4.31 Å². The largest absolute Gasteiger partial charge is 0.392 e. The predicted molar refractivity (Wildman–Crippen MR) is 92.3 cm³/mol. The Kier molecular flexibility index (Phi) is 6.08. The highest BCUT2D eigenvalue weighted by molar-refractivity contribution is 7.89. The van der Waals surface area contributed by atoms with Crippen LogP contribution < -0.4 is 0 Å². The Hall–Kier alpha value is -0.660. The number of hydrogen-bond donors (Lipinski definition) is 1. The molecule has 0 amide bonds. The van der Waals surface area contributed by atoms with E-state index in [0.717, 1.165) is 6.42 Å². The van der Waals surface area contributed by atoms with Gasteiger partial charge in [0.25, 0.3) is 0 Å². The maximum Gasteiger partial charge on any atom is 0.243 e. The van der Waals surface area contributed by atoms with Crippen LogP contribution in [0.2, 0.25) is 5.02 Å². The monoisotopic (exact) mass is 360 g/mol. The van der Waals surface area contributed by atoms with Crippen LogP contribution in [-0.4, -0.2) is 61.1 Å². The number of rotatable bonds is 5. The molecule has 1 heterocycles. The molecule has 1 aliphatic heterocycles. The Labute approximate surface area is 143 Å². The van der Waals surface area contributed by atoms with Crippen LogP contribution in [0.4, 0.5) is 0 Å². The van der Waals surface area contributed by atoms with Gasteiger partial charge in [-0.25, -0.2) is 8.42 Å². The quantitative estimate of drug-likeness (QED) is 0.873. The standard InChI is InChI=1S/C16H25ClN2O3S/c1-4-15-11-19(8-7-18(15)10-13(3)20)23(21,22)16-6-5-14(17)9-12(16)2/h5-6,9,13,15,20H,4,7-8,10-11H2,1-3H3. The Bertz CT molecular complexity index is 649. The highest BCUT2D eigenvalue weighted by Gasteiger charge is 2.34. The summed E-state index contributed by atoms with van der Waals surface area (Å²) in [5, 5.41) is 10.1. The first kappa shape index (κ1) is 18.7. The number of aryl methyl sites for hydroxylation is 1. The molecule has 0 aliphatic carbocycles. The normalized spacial score (nSPS) is 22.2. The fraction of sp³-hybridized carbons (Fsp3) is 0.625. The van der Waals surface area contributed by atoms with E-state index >= 15 is 0 Å². The summed E-state index contributed by atoms with van der Waals surface area (Å²) in [6, 6.07) is 4.99. The molecule has 0 bridgehead atoms. The Morgan fingerprint density at radius 2 is 2.09 bits per heavy atom. The van der Waals surface area contributed by atoms with Crippen LogP contribution in [0.5, 0.6) is 0 Å². The van der Waals surface area contributed by atoms with Crippen molar-refractivity contribution in [2.24, 2.45) is 0 Å². The van der Waals surface area contributed by atoms with Gasteiger partial charge in [0.1, 0.15) is 0 Å². The van der Waals surface area contributed by atoms with Crippen molar-refractivity contribution in [3.8, 4) is 0 Å². The molecule has 1 aliphatic rings. The van der Waals surface area contributed by atoms with Crippen molar-refractivity contribution in [2.45, 2.75) is 44.2 Å². The molecule has 5 nitrogen and oxygen atoms in total. The molecule has 2 atom stereocenters. The highest BCUT2D eigenvalue weighted by Crippen LogP contribution is 2.25. The van der Waals surface area contributed by atoms with Gasteiger partial charge in [-0.3, -0.25) is 4.90 Å². The van der Waals surface area contributed by atoms with Crippen LogP contribution in [0.3, 0.4) is 0 Å². The first-order valence-electron chi connectivity index (χ1n) is 7.94. The molecule has 0 aromatic heterocycles. The van der Waals surface area contributed by atoms with Gasteiger partial charge in [0, 0.05) is 37.2 Å². The number of aliphatic hydroxyl groups is 1. The lowest BCUT2D eigenvalue weighted by molar-refractivity contribution is 0.0613. The van der Waals surface area contributed by atoms with E-state index in [1.807, 2.05) is 6.92 Å². The van der Waals surface area contributed by atoms with E-state index in [0.29, 0.717) is 41.7 Å². The minimum Gasteiger partial charge on any atom is -0.392 e. The van der Waals surface area contributed by atoms with Gasteiger partial charge in [-0.1, -0.05) is 18.5 Å². The van der Waals surface area contributed by atoms with Crippen LogP contribution in [0.1, 0.15) is 25.8 Å². The van der Waals surface area contributed by atoms with Crippen LogP contribution in [-0.2, 0) is 10.0 Å². The number of benzene rings is 1. The van der Waals surface area contributed by atoms with E-state index in [1.54, 1.807) is 36.4 Å². The average Bonchev–Trinajstić information content (AvgIpc) is 2.46. The SMILES string of the molecule is CCC1CN(S(=O)(=O)c2ccc(Cl)cc2C)CCN1CC(C)O. The number of β-amino-alcohol motifs (C(OH)–C–C–N with tert-alkyl or cyclic N) is 1. The van der Waals surface area contributed by atoms with Crippen molar-refractivity contribution in [2.75, 3.05) is 26.2 Å². The molecule has 2 rings (SSSR count). The fourth-order valence-corrected chi connectivity index (χ4v) is 4.99. The second-order valence-electron chi connectivity index (χ2n) is 6.18. The van der Waals surface area contributed by atoms with Crippen molar-refractivity contribution in [3.05, 3.63) is 28.8 Å². The second kappa shape index (κ2) is 7.49. The number of aliphatic hydroxyl groups excluding tert-OH is 1.